The highest BCUT2D eigenvalue weighted by molar-refractivity contribution is 5.88. The predicted octanol–water partition coefficient (Wildman–Crippen LogP) is 2.16. The summed E-state index contributed by atoms with van der Waals surface area (Å²) in [7, 11) is 0. The van der Waals surface area contributed by atoms with E-state index < -0.39 is 5.41 Å². The van der Waals surface area contributed by atoms with E-state index in [4.69, 9.17) is 4.74 Å². The maximum atomic E-state index is 12.9. The van der Waals surface area contributed by atoms with Crippen LogP contribution >= 0.6 is 0 Å². The van der Waals surface area contributed by atoms with Crippen molar-refractivity contribution >= 4 is 5.91 Å². The van der Waals surface area contributed by atoms with Crippen LogP contribution in [-0.2, 0) is 14.9 Å². The summed E-state index contributed by atoms with van der Waals surface area (Å²) in [6.45, 7) is 9.08. The number of ether oxygens (including phenoxy) is 1. The van der Waals surface area contributed by atoms with Gasteiger partial charge in [-0.15, -0.1) is 0 Å². The van der Waals surface area contributed by atoms with Gasteiger partial charge in [-0.3, -0.25) is 4.79 Å². The van der Waals surface area contributed by atoms with Gasteiger partial charge in [0.2, 0.25) is 5.91 Å². The fourth-order valence-corrected chi connectivity index (χ4v) is 3.07. The van der Waals surface area contributed by atoms with Gasteiger partial charge in [0.25, 0.3) is 0 Å². The van der Waals surface area contributed by atoms with E-state index in [1.165, 1.54) is 5.56 Å². The number of rotatable bonds is 6. The summed E-state index contributed by atoms with van der Waals surface area (Å²) in [6.07, 6.45) is 1.50. The molecule has 0 aliphatic carbocycles. The van der Waals surface area contributed by atoms with Crippen molar-refractivity contribution in [2.45, 2.75) is 45.1 Å². The van der Waals surface area contributed by atoms with E-state index in [2.05, 4.69) is 55.7 Å². The Kier molecular flexibility index (Phi) is 5.98. The maximum Gasteiger partial charge on any atom is 0.230 e. The normalized spacial score (nSPS) is 18.7. The van der Waals surface area contributed by atoms with Crippen LogP contribution in [0.1, 0.15) is 37.8 Å². The van der Waals surface area contributed by atoms with Gasteiger partial charge in [0, 0.05) is 25.8 Å². The average Bonchev–Trinajstić information content (AvgIpc) is 2.54. The molecule has 1 aliphatic heterocycles. The quantitative estimate of drug-likeness (QED) is 0.847. The van der Waals surface area contributed by atoms with E-state index in [-0.39, 0.29) is 11.9 Å². The van der Waals surface area contributed by atoms with Crippen molar-refractivity contribution in [3.63, 3.8) is 0 Å². The second kappa shape index (κ2) is 7.75. The Balaban J connectivity index is 2.14. The van der Waals surface area contributed by atoms with E-state index in [1.54, 1.807) is 0 Å². The number of benzene rings is 1. The standard InChI is InChI=1S/C18H28N2O2/c1-4-19-15(3)13-20-17(21)18(9-11-22-12-10-18)16-7-5-14(2)6-8-16/h5-8,15,19H,4,9-13H2,1-3H3,(H,20,21)/t15-/m1/s1. The van der Waals surface area contributed by atoms with Crippen LogP contribution in [0.5, 0.6) is 0 Å². The van der Waals surface area contributed by atoms with Gasteiger partial charge >= 0.3 is 0 Å². The van der Waals surface area contributed by atoms with Gasteiger partial charge in [0.05, 0.1) is 5.41 Å². The molecule has 2 N–H and O–H groups in total. The van der Waals surface area contributed by atoms with E-state index in [9.17, 15) is 4.79 Å². The minimum Gasteiger partial charge on any atom is -0.381 e. The zero-order chi connectivity index (χ0) is 16.0. The number of nitrogens with one attached hydrogen (secondary N) is 2. The van der Waals surface area contributed by atoms with Gasteiger partial charge in [-0.05, 0) is 38.8 Å². The molecule has 0 saturated carbocycles. The Morgan fingerprint density at radius 1 is 1.27 bits per heavy atom. The minimum atomic E-state index is -0.447. The first kappa shape index (κ1) is 17.0. The molecule has 4 nitrogen and oxygen atoms in total. The summed E-state index contributed by atoms with van der Waals surface area (Å²) in [5, 5.41) is 6.46. The molecule has 1 aliphatic rings. The van der Waals surface area contributed by atoms with Crippen molar-refractivity contribution in [2.24, 2.45) is 0 Å². The molecular weight excluding hydrogens is 276 g/mol. The zero-order valence-corrected chi connectivity index (χ0v) is 13.9. The van der Waals surface area contributed by atoms with Crippen molar-refractivity contribution in [1.29, 1.82) is 0 Å². The minimum absolute atomic E-state index is 0.129. The van der Waals surface area contributed by atoms with Gasteiger partial charge < -0.3 is 15.4 Å². The fourth-order valence-electron chi connectivity index (χ4n) is 3.07. The van der Waals surface area contributed by atoms with Gasteiger partial charge in [-0.25, -0.2) is 0 Å². The second-order valence-electron chi connectivity index (χ2n) is 6.23. The number of hydrogen-bond donors (Lipinski definition) is 2. The molecule has 122 valence electrons. The molecule has 1 aromatic rings. The van der Waals surface area contributed by atoms with Crippen LogP contribution < -0.4 is 10.6 Å². The van der Waals surface area contributed by atoms with Gasteiger partial charge in [0.15, 0.2) is 0 Å². The van der Waals surface area contributed by atoms with Crippen molar-refractivity contribution in [1.82, 2.24) is 10.6 Å². The van der Waals surface area contributed by atoms with Crippen LogP contribution in [0.25, 0.3) is 0 Å². The number of aryl methyl sites for hydroxylation is 1. The van der Waals surface area contributed by atoms with Gasteiger partial charge in [-0.2, -0.15) is 0 Å². The number of carbonyl (C=O) groups is 1. The second-order valence-corrected chi connectivity index (χ2v) is 6.23. The molecule has 1 aromatic carbocycles. The Labute approximate surface area is 133 Å². The highest BCUT2D eigenvalue weighted by Gasteiger charge is 2.41. The molecule has 1 fully saturated rings. The highest BCUT2D eigenvalue weighted by atomic mass is 16.5. The molecule has 0 radical (unpaired) electrons. The first-order chi connectivity index (χ1) is 10.6. The Morgan fingerprint density at radius 2 is 1.91 bits per heavy atom. The van der Waals surface area contributed by atoms with E-state index in [0.717, 1.165) is 24.9 Å². The lowest BCUT2D eigenvalue weighted by Gasteiger charge is -2.36. The molecule has 1 heterocycles. The summed E-state index contributed by atoms with van der Waals surface area (Å²) in [4.78, 5) is 12.9. The molecule has 0 bridgehead atoms. The lowest BCUT2D eigenvalue weighted by atomic mass is 9.73. The third-order valence-corrected chi connectivity index (χ3v) is 4.51. The van der Waals surface area contributed by atoms with Crippen molar-refractivity contribution in [3.8, 4) is 0 Å². The van der Waals surface area contributed by atoms with Crippen molar-refractivity contribution in [3.05, 3.63) is 35.4 Å². The molecule has 1 saturated heterocycles. The van der Waals surface area contributed by atoms with E-state index >= 15 is 0 Å². The summed E-state index contributed by atoms with van der Waals surface area (Å²) in [6, 6.07) is 8.63. The van der Waals surface area contributed by atoms with Crippen LogP contribution in [0.4, 0.5) is 0 Å². The van der Waals surface area contributed by atoms with Crippen LogP contribution in [-0.4, -0.2) is 38.3 Å². The molecule has 4 heteroatoms. The van der Waals surface area contributed by atoms with Gasteiger partial charge in [0.1, 0.15) is 0 Å². The third-order valence-electron chi connectivity index (χ3n) is 4.51. The maximum absolute atomic E-state index is 12.9. The van der Waals surface area contributed by atoms with Crippen LogP contribution in [0, 0.1) is 6.92 Å². The molecule has 1 atom stereocenters. The van der Waals surface area contributed by atoms with Gasteiger partial charge in [-0.1, -0.05) is 36.8 Å². The van der Waals surface area contributed by atoms with Crippen LogP contribution in [0.3, 0.4) is 0 Å². The highest BCUT2D eigenvalue weighted by Crippen LogP contribution is 2.35. The first-order valence-electron chi connectivity index (χ1n) is 8.25. The smallest absolute Gasteiger partial charge is 0.230 e. The molecular formula is C18H28N2O2. The molecule has 22 heavy (non-hydrogen) atoms. The summed E-state index contributed by atoms with van der Waals surface area (Å²) >= 11 is 0. The Bertz CT molecular complexity index is 478. The number of carbonyl (C=O) groups excluding carboxylic acids is 1. The van der Waals surface area contributed by atoms with Crippen LogP contribution in [0.15, 0.2) is 24.3 Å². The SMILES string of the molecule is CCN[C@H](C)CNC(=O)C1(c2ccc(C)cc2)CCOCC1. The fraction of sp³-hybridized carbons (Fsp3) is 0.611. The number of hydrogen-bond acceptors (Lipinski definition) is 3. The molecule has 2 rings (SSSR count). The largest absolute Gasteiger partial charge is 0.381 e. The summed E-state index contributed by atoms with van der Waals surface area (Å²) in [5.74, 6) is 0.129. The number of likely N-dealkylation sites (N-methyl/N-ethyl adjacent to an activating group) is 1. The molecule has 0 unspecified atom stereocenters. The van der Waals surface area contributed by atoms with E-state index in [1.807, 2.05) is 0 Å². The zero-order valence-electron chi connectivity index (χ0n) is 13.9. The Morgan fingerprint density at radius 3 is 2.50 bits per heavy atom. The Hall–Kier alpha value is -1.39. The van der Waals surface area contributed by atoms with Crippen LogP contribution in [0.2, 0.25) is 0 Å². The lowest BCUT2D eigenvalue weighted by Crippen LogP contribution is -2.50. The molecule has 0 aromatic heterocycles. The molecule has 1 amide bonds. The summed E-state index contributed by atoms with van der Waals surface area (Å²) < 4.78 is 5.49. The predicted molar refractivity (Wildman–Crippen MR) is 89.1 cm³/mol. The first-order valence-corrected chi connectivity index (χ1v) is 8.25. The summed E-state index contributed by atoms with van der Waals surface area (Å²) in [5.41, 5.74) is 1.87. The van der Waals surface area contributed by atoms with Crippen molar-refractivity contribution in [2.75, 3.05) is 26.3 Å². The number of amides is 1. The van der Waals surface area contributed by atoms with E-state index in [0.29, 0.717) is 19.8 Å². The van der Waals surface area contributed by atoms with Crippen molar-refractivity contribution < 1.29 is 9.53 Å². The lowest BCUT2D eigenvalue weighted by molar-refractivity contribution is -0.130. The topological polar surface area (TPSA) is 50.4 Å². The monoisotopic (exact) mass is 304 g/mol. The molecule has 0 spiro atoms. The average molecular weight is 304 g/mol. The third kappa shape index (κ3) is 3.87.